The molecule has 3 heterocycles. The van der Waals surface area contributed by atoms with Crippen molar-refractivity contribution in [1.82, 2.24) is 19.9 Å². The number of piperazine rings is 1. The molecule has 2 aromatic heterocycles. The maximum atomic E-state index is 11.7. The van der Waals surface area contributed by atoms with Gasteiger partial charge in [-0.2, -0.15) is 0 Å². The molecule has 90 valence electrons. The number of aromatic nitrogens is 3. The van der Waals surface area contributed by atoms with Gasteiger partial charge in [-0.05, 0) is 6.07 Å². The molecule has 0 bridgehead atoms. The summed E-state index contributed by atoms with van der Waals surface area (Å²) < 4.78 is 1.87. The third-order valence-corrected chi connectivity index (χ3v) is 3.17. The number of imidazole rings is 1. The third kappa shape index (κ3) is 1.61. The van der Waals surface area contributed by atoms with Gasteiger partial charge in [0.2, 0.25) is 5.95 Å². The molecule has 3 rings (SSSR count). The largest absolute Gasteiger partial charge is 0.340 e. The van der Waals surface area contributed by atoms with Crippen LogP contribution < -0.4 is 15.8 Å². The summed E-state index contributed by atoms with van der Waals surface area (Å²) in [6, 6.07) is 1.84. The molecule has 0 aromatic carbocycles. The van der Waals surface area contributed by atoms with Crippen molar-refractivity contribution in [2.75, 3.05) is 31.1 Å². The maximum Gasteiger partial charge on any atom is 0.274 e. The summed E-state index contributed by atoms with van der Waals surface area (Å²) in [5.41, 5.74) is 1.31. The molecule has 0 aliphatic carbocycles. The fourth-order valence-corrected chi connectivity index (χ4v) is 2.30. The molecule has 0 unspecified atom stereocenters. The second-order valence-electron chi connectivity index (χ2n) is 4.25. The van der Waals surface area contributed by atoms with Crippen LogP contribution in [0.15, 0.2) is 17.1 Å². The average Bonchev–Trinajstić information content (AvgIpc) is 2.69. The van der Waals surface area contributed by atoms with Crippen molar-refractivity contribution in [3.05, 3.63) is 22.6 Å². The molecule has 2 N–H and O–H groups in total. The average molecular weight is 233 g/mol. The SMILES string of the molecule is Cn1c(N2CCNCC2)nc2cc[nH]c(=O)c21. The molecule has 17 heavy (non-hydrogen) atoms. The molecule has 0 radical (unpaired) electrons. The minimum absolute atomic E-state index is 0.0844. The lowest BCUT2D eigenvalue weighted by Gasteiger charge is -2.28. The zero-order valence-corrected chi connectivity index (χ0v) is 9.73. The first-order valence-corrected chi connectivity index (χ1v) is 5.77. The van der Waals surface area contributed by atoms with E-state index in [-0.39, 0.29) is 5.56 Å². The van der Waals surface area contributed by atoms with Gasteiger partial charge in [-0.1, -0.05) is 0 Å². The van der Waals surface area contributed by atoms with Crippen LogP contribution >= 0.6 is 0 Å². The van der Waals surface area contributed by atoms with Crippen LogP contribution in [0.5, 0.6) is 0 Å². The monoisotopic (exact) mass is 233 g/mol. The summed E-state index contributed by atoms with van der Waals surface area (Å²) in [6.07, 6.45) is 1.64. The maximum absolute atomic E-state index is 11.7. The predicted octanol–water partition coefficient (Wildman–Crippen LogP) is -0.329. The van der Waals surface area contributed by atoms with Crippen LogP contribution in [0.4, 0.5) is 5.95 Å². The van der Waals surface area contributed by atoms with Gasteiger partial charge in [0, 0.05) is 39.4 Å². The Balaban J connectivity index is 2.14. The highest BCUT2D eigenvalue weighted by molar-refractivity contribution is 5.77. The van der Waals surface area contributed by atoms with E-state index in [0.717, 1.165) is 37.6 Å². The van der Waals surface area contributed by atoms with Gasteiger partial charge in [-0.3, -0.25) is 4.79 Å². The summed E-state index contributed by atoms with van der Waals surface area (Å²) in [5, 5.41) is 3.30. The van der Waals surface area contributed by atoms with Crippen molar-refractivity contribution >= 4 is 17.0 Å². The van der Waals surface area contributed by atoms with Crippen molar-refractivity contribution in [2.45, 2.75) is 0 Å². The number of pyridine rings is 1. The molecule has 1 fully saturated rings. The standard InChI is InChI=1S/C11H15N5O/c1-15-9-8(2-3-13-10(9)17)14-11(15)16-6-4-12-5-7-16/h2-3,12H,4-7H2,1H3,(H,13,17). The summed E-state index contributed by atoms with van der Waals surface area (Å²) in [4.78, 5) is 21.2. The summed E-state index contributed by atoms with van der Waals surface area (Å²) in [5.74, 6) is 0.873. The molecule has 1 saturated heterocycles. The number of fused-ring (bicyclic) bond motifs is 1. The number of anilines is 1. The minimum Gasteiger partial charge on any atom is -0.340 e. The number of hydrogen-bond acceptors (Lipinski definition) is 4. The van der Waals surface area contributed by atoms with Gasteiger partial charge in [0.1, 0.15) is 5.52 Å². The van der Waals surface area contributed by atoms with Gasteiger partial charge in [-0.25, -0.2) is 4.98 Å². The normalized spacial score (nSPS) is 16.6. The van der Waals surface area contributed by atoms with Gasteiger partial charge < -0.3 is 19.8 Å². The Hall–Kier alpha value is -1.82. The van der Waals surface area contributed by atoms with Crippen LogP contribution in [0.25, 0.3) is 11.0 Å². The first kappa shape index (κ1) is 10.3. The second-order valence-corrected chi connectivity index (χ2v) is 4.25. The van der Waals surface area contributed by atoms with Crippen molar-refractivity contribution in [1.29, 1.82) is 0 Å². The molecule has 1 aliphatic heterocycles. The summed E-state index contributed by atoms with van der Waals surface area (Å²) in [7, 11) is 1.89. The van der Waals surface area contributed by atoms with Crippen LogP contribution in [-0.2, 0) is 7.05 Å². The van der Waals surface area contributed by atoms with Gasteiger partial charge in [0.05, 0.1) is 5.52 Å². The quantitative estimate of drug-likeness (QED) is 0.708. The van der Waals surface area contributed by atoms with Gasteiger partial charge in [0.15, 0.2) is 0 Å². The van der Waals surface area contributed by atoms with Crippen molar-refractivity contribution in [2.24, 2.45) is 7.05 Å². The van der Waals surface area contributed by atoms with Gasteiger partial charge in [0.25, 0.3) is 5.56 Å². The van der Waals surface area contributed by atoms with E-state index in [0.29, 0.717) is 5.52 Å². The first-order chi connectivity index (χ1) is 8.27. The van der Waals surface area contributed by atoms with E-state index >= 15 is 0 Å². The smallest absolute Gasteiger partial charge is 0.274 e. The molecule has 0 amide bonds. The van der Waals surface area contributed by atoms with Crippen LogP contribution in [0, 0.1) is 0 Å². The number of nitrogens with zero attached hydrogens (tertiary/aromatic N) is 3. The Kier molecular flexibility index (Phi) is 2.36. The number of aromatic amines is 1. The fourth-order valence-electron chi connectivity index (χ4n) is 2.30. The third-order valence-electron chi connectivity index (χ3n) is 3.17. The lowest BCUT2D eigenvalue weighted by atomic mass is 10.4. The zero-order valence-electron chi connectivity index (χ0n) is 9.73. The van der Waals surface area contributed by atoms with E-state index < -0.39 is 0 Å². The zero-order chi connectivity index (χ0) is 11.8. The Labute approximate surface area is 98.3 Å². The Morgan fingerprint density at radius 2 is 2.12 bits per heavy atom. The predicted molar refractivity (Wildman–Crippen MR) is 66.4 cm³/mol. The second kappa shape index (κ2) is 3.89. The van der Waals surface area contributed by atoms with Crippen LogP contribution in [0.2, 0.25) is 0 Å². The number of aryl methyl sites for hydroxylation is 1. The number of nitrogens with one attached hydrogen (secondary N) is 2. The highest BCUT2D eigenvalue weighted by Gasteiger charge is 2.18. The molecule has 0 atom stereocenters. The molecule has 1 aliphatic rings. The van der Waals surface area contributed by atoms with Crippen molar-refractivity contribution in [3.8, 4) is 0 Å². The number of H-pyrrole nitrogens is 1. The fraction of sp³-hybridized carbons (Fsp3) is 0.455. The van der Waals surface area contributed by atoms with E-state index in [2.05, 4.69) is 20.2 Å². The molecular weight excluding hydrogens is 218 g/mol. The molecule has 6 heteroatoms. The summed E-state index contributed by atoms with van der Waals surface area (Å²) >= 11 is 0. The molecule has 2 aromatic rings. The van der Waals surface area contributed by atoms with E-state index in [1.807, 2.05) is 17.7 Å². The minimum atomic E-state index is -0.0844. The van der Waals surface area contributed by atoms with Gasteiger partial charge in [-0.15, -0.1) is 0 Å². The molecule has 6 nitrogen and oxygen atoms in total. The highest BCUT2D eigenvalue weighted by Crippen LogP contribution is 2.18. The van der Waals surface area contributed by atoms with Crippen LogP contribution in [0.3, 0.4) is 0 Å². The Morgan fingerprint density at radius 1 is 1.35 bits per heavy atom. The van der Waals surface area contributed by atoms with E-state index in [4.69, 9.17) is 0 Å². The molecule has 0 spiro atoms. The van der Waals surface area contributed by atoms with Gasteiger partial charge >= 0.3 is 0 Å². The Morgan fingerprint density at radius 3 is 2.82 bits per heavy atom. The first-order valence-electron chi connectivity index (χ1n) is 5.77. The van der Waals surface area contributed by atoms with Crippen LogP contribution in [0.1, 0.15) is 0 Å². The lowest BCUT2D eigenvalue weighted by molar-refractivity contribution is 0.575. The number of hydrogen-bond donors (Lipinski definition) is 2. The summed E-state index contributed by atoms with van der Waals surface area (Å²) in [6.45, 7) is 3.77. The van der Waals surface area contributed by atoms with E-state index in [1.54, 1.807) is 6.20 Å². The molecular formula is C11H15N5O. The number of rotatable bonds is 1. The Bertz CT molecular complexity index is 593. The van der Waals surface area contributed by atoms with Crippen molar-refractivity contribution in [3.63, 3.8) is 0 Å². The topological polar surface area (TPSA) is 66.0 Å². The van der Waals surface area contributed by atoms with Crippen LogP contribution in [-0.4, -0.2) is 40.7 Å². The van der Waals surface area contributed by atoms with Crippen molar-refractivity contribution < 1.29 is 0 Å². The highest BCUT2D eigenvalue weighted by atomic mass is 16.1. The lowest BCUT2D eigenvalue weighted by Crippen LogP contribution is -2.44. The molecule has 0 saturated carbocycles. The van der Waals surface area contributed by atoms with E-state index in [1.165, 1.54) is 0 Å². The van der Waals surface area contributed by atoms with E-state index in [9.17, 15) is 4.79 Å².